The first-order valence-corrected chi connectivity index (χ1v) is 9.80. The molecule has 1 aliphatic heterocycles. The molecule has 2 fully saturated rings. The molecule has 0 amide bonds. The maximum Gasteiger partial charge on any atom is 0.225 e. The van der Waals surface area contributed by atoms with Crippen LogP contribution in [-0.2, 0) is 0 Å². The molecule has 9 heteroatoms. The van der Waals surface area contributed by atoms with E-state index in [4.69, 9.17) is 23.2 Å². The zero-order valence-electron chi connectivity index (χ0n) is 14.8. The van der Waals surface area contributed by atoms with Gasteiger partial charge in [-0.05, 0) is 42.3 Å². The molecule has 0 bridgehead atoms. The Morgan fingerprint density at radius 2 is 1.93 bits per heavy atom. The smallest absolute Gasteiger partial charge is 0.225 e. The molecule has 140 valence electrons. The van der Waals surface area contributed by atoms with Crippen LogP contribution < -0.4 is 9.80 Å². The number of rotatable bonds is 3. The first kappa shape index (κ1) is 17.0. The summed E-state index contributed by atoms with van der Waals surface area (Å²) < 4.78 is 0. The largest absolute Gasteiger partial charge is 0.356 e. The van der Waals surface area contributed by atoms with E-state index in [1.165, 1.54) is 0 Å². The Morgan fingerprint density at radius 3 is 2.67 bits per heavy atom. The first-order chi connectivity index (χ1) is 13.1. The summed E-state index contributed by atoms with van der Waals surface area (Å²) in [5, 5.41) is 1.66. The van der Waals surface area contributed by atoms with E-state index >= 15 is 0 Å². The maximum absolute atomic E-state index is 6.04. The summed E-state index contributed by atoms with van der Waals surface area (Å²) in [4.78, 5) is 24.9. The summed E-state index contributed by atoms with van der Waals surface area (Å²) in [6, 6.07) is 4.32. The van der Waals surface area contributed by atoms with Crippen molar-refractivity contribution in [2.75, 3.05) is 29.9 Å². The zero-order valence-corrected chi connectivity index (χ0v) is 16.3. The van der Waals surface area contributed by atoms with E-state index < -0.39 is 0 Å². The van der Waals surface area contributed by atoms with Crippen molar-refractivity contribution >= 4 is 45.9 Å². The molecule has 1 saturated carbocycles. The number of halogens is 2. The van der Waals surface area contributed by atoms with E-state index in [-0.39, 0.29) is 5.28 Å². The average Bonchev–Trinajstić information content (AvgIpc) is 3.33. The highest BCUT2D eigenvalue weighted by Gasteiger charge is 2.43. The molecule has 4 heterocycles. The van der Waals surface area contributed by atoms with Gasteiger partial charge < -0.3 is 14.8 Å². The number of fused-ring (bicyclic) bond motifs is 2. The fraction of sp³-hybridized carbons (Fsp3) is 0.444. The van der Waals surface area contributed by atoms with Gasteiger partial charge in [0.25, 0.3) is 0 Å². The van der Waals surface area contributed by atoms with Crippen molar-refractivity contribution in [2.24, 2.45) is 11.8 Å². The highest BCUT2D eigenvalue weighted by Crippen LogP contribution is 2.42. The van der Waals surface area contributed by atoms with Crippen LogP contribution in [0.3, 0.4) is 0 Å². The SMILES string of the molecule is CN(c1ncnc2[nH]ccc12)C1CC2CN(c3cc(Cl)nc(Cl)n3)C[C@H]2C1. The van der Waals surface area contributed by atoms with Gasteiger partial charge in [0.1, 0.15) is 28.8 Å². The van der Waals surface area contributed by atoms with Gasteiger partial charge in [0.05, 0.1) is 5.39 Å². The van der Waals surface area contributed by atoms with Crippen LogP contribution in [-0.4, -0.2) is 51.1 Å². The molecular formula is C18H19Cl2N7. The topological polar surface area (TPSA) is 73.8 Å². The minimum Gasteiger partial charge on any atom is -0.356 e. The van der Waals surface area contributed by atoms with Crippen molar-refractivity contribution in [3.8, 4) is 0 Å². The van der Waals surface area contributed by atoms with Gasteiger partial charge in [-0.25, -0.2) is 19.9 Å². The highest BCUT2D eigenvalue weighted by molar-refractivity contribution is 6.32. The molecule has 1 aliphatic carbocycles. The van der Waals surface area contributed by atoms with E-state index in [0.717, 1.165) is 48.6 Å². The standard InChI is InChI=1S/C18H19Cl2N7/c1-26(17-13-2-3-21-16(13)22-9-23-17)12-4-10-7-27(8-11(10)5-12)15-6-14(19)24-18(20)25-15/h2-3,6,9-12H,4-5,7-8H2,1H3,(H,21,22,23)/t10-,11?,12?/m1/s1. The van der Waals surface area contributed by atoms with Gasteiger partial charge in [0, 0.05) is 38.4 Å². The van der Waals surface area contributed by atoms with Crippen molar-refractivity contribution in [2.45, 2.75) is 18.9 Å². The fourth-order valence-corrected chi connectivity index (χ4v) is 5.02. The van der Waals surface area contributed by atoms with Crippen LogP contribution >= 0.6 is 23.2 Å². The van der Waals surface area contributed by atoms with E-state index in [2.05, 4.69) is 41.8 Å². The van der Waals surface area contributed by atoms with Gasteiger partial charge in [-0.1, -0.05) is 11.6 Å². The Kier molecular flexibility index (Phi) is 4.09. The third-order valence-electron chi connectivity index (χ3n) is 5.92. The third-order valence-corrected chi connectivity index (χ3v) is 6.28. The second-order valence-corrected chi connectivity index (χ2v) is 8.14. The van der Waals surface area contributed by atoms with Crippen LogP contribution in [0.4, 0.5) is 11.6 Å². The van der Waals surface area contributed by atoms with E-state index in [9.17, 15) is 0 Å². The molecule has 3 aromatic heterocycles. The van der Waals surface area contributed by atoms with E-state index in [1.54, 1.807) is 12.4 Å². The van der Waals surface area contributed by atoms with Gasteiger partial charge in [0.15, 0.2) is 0 Å². The Hall–Kier alpha value is -2.12. The highest BCUT2D eigenvalue weighted by atomic mass is 35.5. The number of aromatic amines is 1. The number of hydrogen-bond donors (Lipinski definition) is 1. The predicted octanol–water partition coefficient (Wildman–Crippen LogP) is 3.41. The molecule has 5 rings (SSSR count). The van der Waals surface area contributed by atoms with Crippen molar-refractivity contribution in [3.05, 3.63) is 35.1 Å². The van der Waals surface area contributed by atoms with Crippen LogP contribution in [0.2, 0.25) is 10.4 Å². The molecule has 2 aliphatic rings. The summed E-state index contributed by atoms with van der Waals surface area (Å²) in [5.41, 5.74) is 0.883. The number of aromatic nitrogens is 5. The Morgan fingerprint density at radius 1 is 1.15 bits per heavy atom. The second-order valence-electron chi connectivity index (χ2n) is 7.42. The summed E-state index contributed by atoms with van der Waals surface area (Å²) >= 11 is 12.0. The Balaban J connectivity index is 1.31. The number of H-pyrrole nitrogens is 1. The number of hydrogen-bond acceptors (Lipinski definition) is 6. The van der Waals surface area contributed by atoms with Crippen LogP contribution in [0.25, 0.3) is 11.0 Å². The molecule has 0 spiro atoms. The van der Waals surface area contributed by atoms with Gasteiger partial charge in [-0.3, -0.25) is 0 Å². The van der Waals surface area contributed by atoms with Crippen molar-refractivity contribution in [3.63, 3.8) is 0 Å². The molecule has 2 unspecified atom stereocenters. The molecule has 1 saturated heterocycles. The molecule has 3 aromatic rings. The van der Waals surface area contributed by atoms with Crippen molar-refractivity contribution < 1.29 is 0 Å². The van der Waals surface area contributed by atoms with Gasteiger partial charge >= 0.3 is 0 Å². The molecule has 27 heavy (non-hydrogen) atoms. The van der Waals surface area contributed by atoms with Crippen LogP contribution in [0.15, 0.2) is 24.7 Å². The average molecular weight is 404 g/mol. The molecule has 3 atom stereocenters. The Labute approximate surface area is 166 Å². The molecule has 0 radical (unpaired) electrons. The normalized spacial score (nSPS) is 24.6. The lowest BCUT2D eigenvalue weighted by Gasteiger charge is -2.28. The second kappa shape index (κ2) is 6.49. The molecule has 0 aromatic carbocycles. The molecule has 7 nitrogen and oxygen atoms in total. The van der Waals surface area contributed by atoms with E-state index in [0.29, 0.717) is 23.0 Å². The predicted molar refractivity (Wildman–Crippen MR) is 107 cm³/mol. The minimum absolute atomic E-state index is 0.200. The van der Waals surface area contributed by atoms with Crippen LogP contribution in [0.1, 0.15) is 12.8 Å². The van der Waals surface area contributed by atoms with E-state index in [1.807, 2.05) is 12.3 Å². The lowest BCUT2D eigenvalue weighted by Crippen LogP contribution is -2.33. The quantitative estimate of drug-likeness (QED) is 0.533. The lowest BCUT2D eigenvalue weighted by atomic mass is 10.0. The van der Waals surface area contributed by atoms with Gasteiger partial charge in [-0.2, -0.15) is 0 Å². The zero-order chi connectivity index (χ0) is 18.5. The van der Waals surface area contributed by atoms with Gasteiger partial charge in [0.2, 0.25) is 5.28 Å². The monoisotopic (exact) mass is 403 g/mol. The first-order valence-electron chi connectivity index (χ1n) is 9.04. The maximum atomic E-state index is 6.04. The fourth-order valence-electron chi connectivity index (χ4n) is 4.62. The Bertz CT molecular complexity index is 957. The van der Waals surface area contributed by atoms with Crippen molar-refractivity contribution in [1.29, 1.82) is 0 Å². The van der Waals surface area contributed by atoms with Crippen LogP contribution in [0.5, 0.6) is 0 Å². The van der Waals surface area contributed by atoms with Gasteiger partial charge in [-0.15, -0.1) is 0 Å². The molecule has 1 N–H and O–H groups in total. The lowest BCUT2D eigenvalue weighted by molar-refractivity contribution is 0.494. The third kappa shape index (κ3) is 2.99. The number of nitrogens with one attached hydrogen (secondary N) is 1. The summed E-state index contributed by atoms with van der Waals surface area (Å²) in [6.07, 6.45) is 5.82. The summed E-state index contributed by atoms with van der Waals surface area (Å²) in [7, 11) is 2.14. The number of nitrogens with zero attached hydrogens (tertiary/aromatic N) is 6. The number of anilines is 2. The summed E-state index contributed by atoms with van der Waals surface area (Å²) in [5.74, 6) is 3.09. The minimum atomic E-state index is 0.200. The summed E-state index contributed by atoms with van der Waals surface area (Å²) in [6.45, 7) is 1.95. The molecular weight excluding hydrogens is 385 g/mol. The van der Waals surface area contributed by atoms with Crippen LogP contribution in [0, 0.1) is 11.8 Å². The van der Waals surface area contributed by atoms with Crippen molar-refractivity contribution in [1.82, 2.24) is 24.9 Å².